The second-order valence-corrected chi connectivity index (χ2v) is 6.08. The molecule has 146 valence electrons. The highest BCUT2D eigenvalue weighted by atomic mass is 16.4. The van der Waals surface area contributed by atoms with Gasteiger partial charge in [0.2, 0.25) is 17.7 Å². The lowest BCUT2D eigenvalue weighted by Crippen LogP contribution is -2.55. The number of nitrogens with zero attached hydrogens (tertiary/aromatic N) is 1. The Bertz CT molecular complexity index is 578. The fourth-order valence-corrected chi connectivity index (χ4v) is 2.66. The molecule has 0 aromatic rings. The maximum Gasteiger partial charge on any atom is 0.322 e. The summed E-state index contributed by atoms with van der Waals surface area (Å²) in [5.41, 5.74) is 5.57. The lowest BCUT2D eigenvalue weighted by atomic mass is 10.1. The van der Waals surface area contributed by atoms with Gasteiger partial charge in [-0.3, -0.25) is 24.0 Å². The number of nitrogens with one attached hydrogen (secondary N) is 2. The number of rotatable bonds is 9. The first-order valence-electron chi connectivity index (χ1n) is 8.21. The summed E-state index contributed by atoms with van der Waals surface area (Å²) >= 11 is 0. The summed E-state index contributed by atoms with van der Waals surface area (Å²) in [5.74, 6) is -4.22. The molecule has 0 aromatic carbocycles. The highest BCUT2D eigenvalue weighted by Crippen LogP contribution is 2.18. The highest BCUT2D eigenvalue weighted by molar-refractivity contribution is 5.94. The number of hydrogen-bond acceptors (Lipinski definition) is 6. The van der Waals surface area contributed by atoms with Crippen LogP contribution in [0.5, 0.6) is 0 Å². The van der Waals surface area contributed by atoms with Crippen molar-refractivity contribution in [2.24, 2.45) is 5.73 Å². The maximum atomic E-state index is 12.5. The molecule has 1 rings (SSSR count). The number of aliphatic carboxylic acids is 2. The zero-order chi connectivity index (χ0) is 19.9. The van der Waals surface area contributed by atoms with E-state index in [9.17, 15) is 24.0 Å². The summed E-state index contributed by atoms with van der Waals surface area (Å²) in [4.78, 5) is 59.2. The van der Waals surface area contributed by atoms with E-state index in [0.29, 0.717) is 19.4 Å². The van der Waals surface area contributed by atoms with Crippen LogP contribution < -0.4 is 16.4 Å². The first-order valence-corrected chi connectivity index (χ1v) is 8.21. The smallest absolute Gasteiger partial charge is 0.322 e. The Morgan fingerprint density at radius 3 is 2.38 bits per heavy atom. The van der Waals surface area contributed by atoms with Crippen LogP contribution in [0.3, 0.4) is 0 Å². The third kappa shape index (κ3) is 6.31. The van der Waals surface area contributed by atoms with Crippen LogP contribution in [-0.4, -0.2) is 76.0 Å². The third-order valence-electron chi connectivity index (χ3n) is 3.92. The molecule has 0 aromatic heterocycles. The van der Waals surface area contributed by atoms with E-state index in [0.717, 1.165) is 0 Å². The minimum Gasteiger partial charge on any atom is -0.481 e. The molecular weight excluding hydrogens is 348 g/mol. The van der Waals surface area contributed by atoms with E-state index in [2.05, 4.69) is 10.6 Å². The molecule has 1 saturated heterocycles. The third-order valence-corrected chi connectivity index (χ3v) is 3.92. The van der Waals surface area contributed by atoms with Crippen molar-refractivity contribution in [1.29, 1.82) is 0 Å². The van der Waals surface area contributed by atoms with Crippen molar-refractivity contribution in [3.8, 4) is 0 Å². The predicted molar refractivity (Wildman–Crippen MR) is 87.8 cm³/mol. The predicted octanol–water partition coefficient (Wildman–Crippen LogP) is -2.12. The van der Waals surface area contributed by atoms with Gasteiger partial charge in [0.25, 0.3) is 0 Å². The Balaban J connectivity index is 2.79. The minimum atomic E-state index is -1.27. The van der Waals surface area contributed by atoms with Crippen molar-refractivity contribution < 1.29 is 34.2 Å². The zero-order valence-corrected chi connectivity index (χ0v) is 14.4. The van der Waals surface area contributed by atoms with Gasteiger partial charge in [0.15, 0.2) is 0 Å². The summed E-state index contributed by atoms with van der Waals surface area (Å²) in [7, 11) is 0. The van der Waals surface area contributed by atoms with Crippen molar-refractivity contribution >= 4 is 29.7 Å². The van der Waals surface area contributed by atoms with Gasteiger partial charge in [-0.15, -0.1) is 0 Å². The molecule has 0 spiro atoms. The van der Waals surface area contributed by atoms with E-state index in [4.69, 9.17) is 15.9 Å². The molecule has 1 aliphatic rings. The second kappa shape index (κ2) is 9.70. The normalized spacial score (nSPS) is 18.7. The van der Waals surface area contributed by atoms with Gasteiger partial charge < -0.3 is 31.5 Å². The quantitative estimate of drug-likeness (QED) is 0.304. The molecule has 11 nitrogen and oxygen atoms in total. The van der Waals surface area contributed by atoms with E-state index >= 15 is 0 Å². The van der Waals surface area contributed by atoms with Gasteiger partial charge in [0.05, 0.1) is 6.04 Å². The van der Waals surface area contributed by atoms with E-state index in [1.54, 1.807) is 0 Å². The molecule has 3 unspecified atom stereocenters. The van der Waals surface area contributed by atoms with Crippen LogP contribution in [0.4, 0.5) is 0 Å². The molecule has 3 amide bonds. The lowest BCUT2D eigenvalue weighted by Gasteiger charge is -2.27. The van der Waals surface area contributed by atoms with Gasteiger partial charge in [0, 0.05) is 13.0 Å². The monoisotopic (exact) mass is 372 g/mol. The van der Waals surface area contributed by atoms with Gasteiger partial charge in [0.1, 0.15) is 18.6 Å². The number of amides is 3. The fourth-order valence-electron chi connectivity index (χ4n) is 2.66. The molecule has 0 saturated carbocycles. The number of carbonyl (C=O) groups excluding carboxylic acids is 3. The molecule has 1 fully saturated rings. The maximum absolute atomic E-state index is 12.5. The molecule has 1 heterocycles. The van der Waals surface area contributed by atoms with E-state index < -0.39 is 54.8 Å². The molecule has 26 heavy (non-hydrogen) atoms. The molecule has 11 heteroatoms. The SMILES string of the molecule is CC(N)C(=O)N1CCCC1C(=O)NC(CCC(=O)O)C(=O)NCC(=O)O. The Kier molecular flexibility index (Phi) is 7.97. The summed E-state index contributed by atoms with van der Waals surface area (Å²) in [6, 6.07) is -2.79. The minimum absolute atomic E-state index is 0.208. The number of carboxylic acid groups (broad SMARTS) is 2. The Labute approximate surface area is 149 Å². The van der Waals surface area contributed by atoms with Gasteiger partial charge in [-0.25, -0.2) is 0 Å². The number of hydrogen-bond donors (Lipinski definition) is 5. The second-order valence-electron chi connectivity index (χ2n) is 6.08. The summed E-state index contributed by atoms with van der Waals surface area (Å²) in [6.07, 6.45) is 0.396. The van der Waals surface area contributed by atoms with Crippen LogP contribution in [0.2, 0.25) is 0 Å². The van der Waals surface area contributed by atoms with E-state index in [-0.39, 0.29) is 12.3 Å². The van der Waals surface area contributed by atoms with E-state index in [1.165, 1.54) is 11.8 Å². The molecule has 0 aliphatic carbocycles. The van der Waals surface area contributed by atoms with Crippen LogP contribution in [0.15, 0.2) is 0 Å². The van der Waals surface area contributed by atoms with Gasteiger partial charge in [-0.2, -0.15) is 0 Å². The summed E-state index contributed by atoms with van der Waals surface area (Å²) in [5, 5.41) is 21.9. The molecule has 0 bridgehead atoms. The van der Waals surface area contributed by atoms with Gasteiger partial charge in [-0.1, -0.05) is 0 Å². The average Bonchev–Trinajstić information content (AvgIpc) is 3.04. The van der Waals surface area contributed by atoms with E-state index in [1.807, 2.05) is 0 Å². The van der Waals surface area contributed by atoms with Crippen molar-refractivity contribution in [2.45, 2.75) is 50.7 Å². The Morgan fingerprint density at radius 2 is 1.85 bits per heavy atom. The van der Waals surface area contributed by atoms with Crippen LogP contribution >= 0.6 is 0 Å². The number of carboxylic acids is 2. The van der Waals surface area contributed by atoms with Crippen molar-refractivity contribution in [1.82, 2.24) is 15.5 Å². The number of carbonyl (C=O) groups is 5. The van der Waals surface area contributed by atoms with Crippen molar-refractivity contribution in [2.75, 3.05) is 13.1 Å². The molecule has 0 radical (unpaired) electrons. The highest BCUT2D eigenvalue weighted by Gasteiger charge is 2.36. The number of nitrogens with two attached hydrogens (primary N) is 1. The molecule has 1 aliphatic heterocycles. The van der Waals surface area contributed by atoms with Crippen LogP contribution in [-0.2, 0) is 24.0 Å². The molecule has 3 atom stereocenters. The first-order chi connectivity index (χ1) is 12.1. The molecular formula is C15H24N4O7. The first kappa shape index (κ1) is 21.4. The Morgan fingerprint density at radius 1 is 1.19 bits per heavy atom. The summed E-state index contributed by atoms with van der Waals surface area (Å²) < 4.78 is 0. The van der Waals surface area contributed by atoms with Gasteiger partial charge in [-0.05, 0) is 26.2 Å². The lowest BCUT2D eigenvalue weighted by molar-refractivity contribution is -0.141. The fraction of sp³-hybridized carbons (Fsp3) is 0.667. The largest absolute Gasteiger partial charge is 0.481 e. The average molecular weight is 372 g/mol. The van der Waals surface area contributed by atoms with Crippen molar-refractivity contribution in [3.05, 3.63) is 0 Å². The summed E-state index contributed by atoms with van der Waals surface area (Å²) in [6.45, 7) is 1.21. The van der Waals surface area contributed by atoms with Crippen LogP contribution in [0.1, 0.15) is 32.6 Å². The number of likely N-dealkylation sites (tertiary alicyclic amines) is 1. The van der Waals surface area contributed by atoms with Crippen LogP contribution in [0.25, 0.3) is 0 Å². The topological polar surface area (TPSA) is 179 Å². The van der Waals surface area contributed by atoms with Crippen LogP contribution in [0, 0.1) is 0 Å². The molecule has 6 N–H and O–H groups in total. The standard InChI is InChI=1S/C15H24N4O7/c1-8(16)15(26)19-6-2-3-10(19)14(25)18-9(4-5-11(20)21)13(24)17-7-12(22)23/h8-10H,2-7,16H2,1H3,(H,17,24)(H,18,25)(H,20,21)(H,22,23). The Hall–Kier alpha value is -2.69. The van der Waals surface area contributed by atoms with Gasteiger partial charge >= 0.3 is 11.9 Å². The zero-order valence-electron chi connectivity index (χ0n) is 14.4. The van der Waals surface area contributed by atoms with Crippen molar-refractivity contribution in [3.63, 3.8) is 0 Å².